The summed E-state index contributed by atoms with van der Waals surface area (Å²) in [6.45, 7) is 5.32. The molecule has 0 spiro atoms. The highest BCUT2D eigenvalue weighted by Crippen LogP contribution is 2.26. The van der Waals surface area contributed by atoms with E-state index in [2.05, 4.69) is 15.6 Å². The van der Waals surface area contributed by atoms with E-state index in [1.807, 2.05) is 36.4 Å². The zero-order chi connectivity index (χ0) is 21.0. The van der Waals surface area contributed by atoms with Crippen LogP contribution in [0.25, 0.3) is 10.2 Å². The number of nitrogens with two attached hydrogens (primary N) is 1. The van der Waals surface area contributed by atoms with Crippen LogP contribution in [0.4, 0.5) is 15.6 Å². The lowest BCUT2D eigenvalue weighted by atomic mass is 10.1. The summed E-state index contributed by atoms with van der Waals surface area (Å²) in [7, 11) is 0. The molecule has 2 amide bonds. The number of aromatic nitrogens is 1. The first-order valence-corrected chi connectivity index (χ1v) is 10.0. The van der Waals surface area contributed by atoms with Crippen LogP contribution in [-0.2, 0) is 16.0 Å². The predicted octanol–water partition coefficient (Wildman–Crippen LogP) is 3.95. The number of nitrogens with one attached hydrogen (secondary N) is 2. The Kier molecular flexibility index (Phi) is 6.03. The van der Waals surface area contributed by atoms with E-state index >= 15 is 0 Å². The van der Waals surface area contributed by atoms with Crippen molar-refractivity contribution in [3.63, 3.8) is 0 Å². The summed E-state index contributed by atoms with van der Waals surface area (Å²) in [5.74, 6) is -0.337. The molecule has 0 aliphatic heterocycles. The molecule has 0 aliphatic carbocycles. The second-order valence-corrected chi connectivity index (χ2v) is 8.67. The van der Waals surface area contributed by atoms with Gasteiger partial charge in [-0.1, -0.05) is 41.7 Å². The van der Waals surface area contributed by atoms with Crippen molar-refractivity contribution in [2.45, 2.75) is 38.8 Å². The van der Waals surface area contributed by atoms with Gasteiger partial charge in [-0.05, 0) is 44.5 Å². The fourth-order valence-electron chi connectivity index (χ4n) is 2.76. The molecule has 0 radical (unpaired) electrons. The van der Waals surface area contributed by atoms with Gasteiger partial charge in [0.25, 0.3) is 0 Å². The summed E-state index contributed by atoms with van der Waals surface area (Å²) in [5.41, 5.74) is 7.39. The Morgan fingerprint density at radius 1 is 1.17 bits per heavy atom. The summed E-state index contributed by atoms with van der Waals surface area (Å²) in [6.07, 6.45) is -0.305. The van der Waals surface area contributed by atoms with E-state index in [1.165, 1.54) is 11.3 Å². The average molecular weight is 413 g/mol. The normalized spacial score (nSPS) is 12.4. The van der Waals surface area contributed by atoms with Gasteiger partial charge in [-0.3, -0.25) is 4.79 Å². The fourth-order valence-corrected chi connectivity index (χ4v) is 3.53. The molecule has 7 nitrogen and oxygen atoms in total. The number of nitrogen functional groups attached to an aromatic ring is 1. The molecule has 3 rings (SSSR count). The molecular formula is C21H24N4O3S. The van der Waals surface area contributed by atoms with Gasteiger partial charge in [-0.15, -0.1) is 0 Å². The molecule has 0 bridgehead atoms. The molecule has 152 valence electrons. The lowest BCUT2D eigenvalue weighted by Gasteiger charge is -2.23. The molecule has 8 heteroatoms. The number of thiazole rings is 1. The molecule has 1 atom stereocenters. The lowest BCUT2D eigenvalue weighted by Crippen LogP contribution is -2.47. The maximum absolute atomic E-state index is 12.9. The summed E-state index contributed by atoms with van der Waals surface area (Å²) < 4.78 is 6.19. The topological polar surface area (TPSA) is 106 Å². The maximum atomic E-state index is 12.9. The molecule has 1 aromatic heterocycles. The van der Waals surface area contributed by atoms with Crippen LogP contribution in [0.3, 0.4) is 0 Å². The Morgan fingerprint density at radius 2 is 1.90 bits per heavy atom. The molecule has 2 aromatic carbocycles. The van der Waals surface area contributed by atoms with Crippen LogP contribution in [0, 0.1) is 0 Å². The minimum Gasteiger partial charge on any atom is -0.444 e. The molecule has 3 aromatic rings. The van der Waals surface area contributed by atoms with Crippen LogP contribution < -0.4 is 16.4 Å². The molecule has 0 saturated heterocycles. The smallest absolute Gasteiger partial charge is 0.408 e. The Balaban J connectivity index is 1.77. The van der Waals surface area contributed by atoms with Crippen LogP contribution in [-0.4, -0.2) is 28.6 Å². The number of carbonyl (C=O) groups is 2. The molecule has 0 aliphatic rings. The number of amides is 2. The largest absolute Gasteiger partial charge is 0.444 e. The first-order valence-electron chi connectivity index (χ1n) is 9.20. The summed E-state index contributed by atoms with van der Waals surface area (Å²) in [6, 6.07) is 14.1. The van der Waals surface area contributed by atoms with Crippen LogP contribution in [0.1, 0.15) is 26.3 Å². The molecule has 0 unspecified atom stereocenters. The van der Waals surface area contributed by atoms with Crippen LogP contribution >= 0.6 is 11.3 Å². The number of hydrogen-bond acceptors (Lipinski definition) is 6. The monoisotopic (exact) mass is 412 g/mol. The Morgan fingerprint density at radius 3 is 2.59 bits per heavy atom. The highest BCUT2D eigenvalue weighted by atomic mass is 32.1. The highest BCUT2D eigenvalue weighted by molar-refractivity contribution is 7.22. The number of hydrogen-bond donors (Lipinski definition) is 3. The minimum absolute atomic E-state index is 0.335. The van der Waals surface area contributed by atoms with E-state index < -0.39 is 17.7 Å². The highest BCUT2D eigenvalue weighted by Gasteiger charge is 2.25. The summed E-state index contributed by atoms with van der Waals surface area (Å²) >= 11 is 1.35. The second-order valence-electron chi connectivity index (χ2n) is 7.61. The summed E-state index contributed by atoms with van der Waals surface area (Å²) in [5, 5.41) is 6.01. The molecule has 29 heavy (non-hydrogen) atoms. The number of benzene rings is 2. The number of nitrogens with zero attached hydrogens (tertiary/aromatic N) is 1. The number of anilines is 2. The Bertz CT molecular complexity index is 1010. The number of carbonyl (C=O) groups excluding carboxylic acids is 2. The van der Waals surface area contributed by atoms with Gasteiger partial charge in [0.2, 0.25) is 5.91 Å². The summed E-state index contributed by atoms with van der Waals surface area (Å²) in [4.78, 5) is 29.4. The van der Waals surface area contributed by atoms with Crippen molar-refractivity contribution in [2.75, 3.05) is 11.1 Å². The van der Waals surface area contributed by atoms with Gasteiger partial charge in [0.1, 0.15) is 11.6 Å². The Hall–Kier alpha value is -3.13. The van der Waals surface area contributed by atoms with Gasteiger partial charge in [0.15, 0.2) is 5.13 Å². The van der Waals surface area contributed by atoms with E-state index in [1.54, 1.807) is 32.9 Å². The molecule has 0 saturated carbocycles. The number of fused-ring (bicyclic) bond motifs is 1. The second kappa shape index (κ2) is 8.48. The van der Waals surface area contributed by atoms with Gasteiger partial charge in [-0.25, -0.2) is 9.78 Å². The van der Waals surface area contributed by atoms with E-state index in [0.29, 0.717) is 17.2 Å². The van der Waals surface area contributed by atoms with Crippen molar-refractivity contribution in [1.29, 1.82) is 0 Å². The fraction of sp³-hybridized carbons (Fsp3) is 0.286. The van der Waals surface area contributed by atoms with Gasteiger partial charge in [0.05, 0.1) is 10.2 Å². The van der Waals surface area contributed by atoms with E-state index in [4.69, 9.17) is 10.5 Å². The van der Waals surface area contributed by atoms with Crippen LogP contribution in [0.15, 0.2) is 48.5 Å². The standard InChI is InChI=1S/C21H24N4O3S/c1-21(2,3)28-20(27)25-16(11-13-7-5-4-6-8-13)18(26)23-14-9-10-15-17(12-14)29-19(22)24-15/h4-10,12,16H,11H2,1-3H3,(H2,22,24)(H,23,26)(H,25,27)/t16-/m0/s1. The average Bonchev–Trinajstić information content (AvgIpc) is 2.99. The van der Waals surface area contributed by atoms with Crippen molar-refractivity contribution in [2.24, 2.45) is 0 Å². The predicted molar refractivity (Wildman–Crippen MR) is 116 cm³/mol. The molecule has 0 fully saturated rings. The molecule has 1 heterocycles. The van der Waals surface area contributed by atoms with Crippen molar-refractivity contribution in [3.8, 4) is 0 Å². The third-order valence-electron chi connectivity index (χ3n) is 3.96. The van der Waals surface area contributed by atoms with E-state index in [9.17, 15) is 9.59 Å². The van der Waals surface area contributed by atoms with Crippen molar-refractivity contribution < 1.29 is 14.3 Å². The van der Waals surface area contributed by atoms with E-state index in [0.717, 1.165) is 15.8 Å². The van der Waals surface area contributed by atoms with Gasteiger partial charge < -0.3 is 21.1 Å². The number of ether oxygens (including phenoxy) is 1. The van der Waals surface area contributed by atoms with Crippen molar-refractivity contribution in [1.82, 2.24) is 10.3 Å². The van der Waals surface area contributed by atoms with Crippen molar-refractivity contribution in [3.05, 3.63) is 54.1 Å². The first kappa shape index (κ1) is 20.6. The first-order chi connectivity index (χ1) is 13.7. The number of rotatable bonds is 5. The van der Waals surface area contributed by atoms with E-state index in [-0.39, 0.29) is 5.91 Å². The van der Waals surface area contributed by atoms with Crippen LogP contribution in [0.5, 0.6) is 0 Å². The van der Waals surface area contributed by atoms with Crippen LogP contribution in [0.2, 0.25) is 0 Å². The zero-order valence-corrected chi connectivity index (χ0v) is 17.4. The third-order valence-corrected chi connectivity index (χ3v) is 4.81. The lowest BCUT2D eigenvalue weighted by molar-refractivity contribution is -0.118. The zero-order valence-electron chi connectivity index (χ0n) is 16.6. The Labute approximate surface area is 173 Å². The van der Waals surface area contributed by atoms with Gasteiger partial charge in [-0.2, -0.15) is 0 Å². The van der Waals surface area contributed by atoms with Crippen molar-refractivity contribution >= 4 is 44.4 Å². The third kappa shape index (κ3) is 5.92. The SMILES string of the molecule is CC(C)(C)OC(=O)N[C@@H](Cc1ccccc1)C(=O)Nc1ccc2nc(N)sc2c1. The maximum Gasteiger partial charge on any atom is 0.408 e. The quantitative estimate of drug-likeness (QED) is 0.588. The van der Waals surface area contributed by atoms with Gasteiger partial charge >= 0.3 is 6.09 Å². The minimum atomic E-state index is -0.797. The van der Waals surface area contributed by atoms with Gasteiger partial charge in [0, 0.05) is 12.1 Å². The number of alkyl carbamates (subject to hydrolysis) is 1. The molecule has 4 N–H and O–H groups in total. The molecular weight excluding hydrogens is 388 g/mol.